The van der Waals surface area contributed by atoms with E-state index in [9.17, 15) is 31.5 Å². The summed E-state index contributed by atoms with van der Waals surface area (Å²) in [6, 6.07) is 0. The number of nitrogens with zero attached hydrogens (tertiary/aromatic N) is 1. The van der Waals surface area contributed by atoms with Gasteiger partial charge in [0.15, 0.2) is 23.3 Å². The van der Waals surface area contributed by atoms with Crippen LogP contribution in [0.1, 0.15) is 87.9 Å². The molecule has 1 fully saturated rings. The lowest BCUT2D eigenvalue weighted by atomic mass is 9.96. The van der Waals surface area contributed by atoms with Crippen molar-refractivity contribution in [1.29, 1.82) is 0 Å². The van der Waals surface area contributed by atoms with Gasteiger partial charge in [0.05, 0.1) is 12.5 Å². The van der Waals surface area contributed by atoms with Crippen LogP contribution in [-0.2, 0) is 9.53 Å². The average molecular weight is 478 g/mol. The molecule has 186 valence electrons. The van der Waals surface area contributed by atoms with E-state index in [4.69, 9.17) is 4.74 Å². The first kappa shape index (κ1) is 27.1. The molecule has 1 amide bonds. The van der Waals surface area contributed by atoms with Gasteiger partial charge in [-0.1, -0.05) is 58.3 Å². The molecule has 1 heterocycles. The Labute approximate surface area is 191 Å². The molecule has 0 aliphatic carbocycles. The number of esters is 1. The van der Waals surface area contributed by atoms with Crippen LogP contribution in [0.25, 0.3) is 0 Å². The highest BCUT2D eigenvalue weighted by Gasteiger charge is 2.35. The van der Waals surface area contributed by atoms with Crippen LogP contribution >= 0.6 is 0 Å². The smallest absolute Gasteiger partial charge is 0.309 e. The minimum Gasteiger partial charge on any atom is -0.465 e. The highest BCUT2D eigenvalue weighted by atomic mass is 19.2. The second kappa shape index (κ2) is 13.5. The van der Waals surface area contributed by atoms with Gasteiger partial charge in [-0.2, -0.15) is 0 Å². The van der Waals surface area contributed by atoms with Crippen LogP contribution < -0.4 is 0 Å². The molecule has 0 saturated carbocycles. The molecule has 33 heavy (non-hydrogen) atoms. The highest BCUT2D eigenvalue weighted by Crippen LogP contribution is 2.26. The predicted molar refractivity (Wildman–Crippen MR) is 113 cm³/mol. The lowest BCUT2D eigenvalue weighted by Crippen LogP contribution is -2.41. The molecule has 1 aromatic rings. The third-order valence-corrected chi connectivity index (χ3v) is 6.03. The van der Waals surface area contributed by atoms with E-state index in [1.165, 1.54) is 38.5 Å². The number of piperidine rings is 1. The number of amides is 1. The molecular weight excluding hydrogens is 445 g/mol. The first-order valence-electron chi connectivity index (χ1n) is 11.8. The third-order valence-electron chi connectivity index (χ3n) is 6.03. The summed E-state index contributed by atoms with van der Waals surface area (Å²) in [5.74, 6) is -13.1. The molecule has 1 saturated heterocycles. The summed E-state index contributed by atoms with van der Waals surface area (Å²) in [5.41, 5.74) is -1.47. The Balaban J connectivity index is 1.71. The van der Waals surface area contributed by atoms with E-state index in [0.29, 0.717) is 6.61 Å². The fourth-order valence-electron chi connectivity index (χ4n) is 3.97. The molecular formula is C24H32F5NO3. The molecule has 0 aromatic heterocycles. The number of carbonyl (C=O) groups excluding carboxylic acids is 2. The fraction of sp³-hybridized carbons (Fsp3) is 0.667. The van der Waals surface area contributed by atoms with E-state index in [-0.39, 0.29) is 25.9 Å². The van der Waals surface area contributed by atoms with Gasteiger partial charge in [-0.25, -0.2) is 22.0 Å². The van der Waals surface area contributed by atoms with Crippen LogP contribution in [0, 0.1) is 35.0 Å². The van der Waals surface area contributed by atoms with Crippen molar-refractivity contribution < 1.29 is 36.3 Å². The number of ether oxygens (including phenoxy) is 1. The van der Waals surface area contributed by atoms with Gasteiger partial charge in [0.1, 0.15) is 5.56 Å². The van der Waals surface area contributed by atoms with Crippen LogP contribution in [0.3, 0.4) is 0 Å². The maximum atomic E-state index is 13.9. The molecule has 1 aromatic carbocycles. The Morgan fingerprint density at radius 3 is 1.73 bits per heavy atom. The molecule has 0 radical (unpaired) electrons. The second-order valence-electron chi connectivity index (χ2n) is 8.51. The first-order valence-corrected chi connectivity index (χ1v) is 11.8. The van der Waals surface area contributed by atoms with Crippen molar-refractivity contribution >= 4 is 11.9 Å². The number of hydrogen-bond donors (Lipinski definition) is 0. The monoisotopic (exact) mass is 477 g/mol. The van der Waals surface area contributed by atoms with Gasteiger partial charge in [0.2, 0.25) is 5.82 Å². The molecule has 0 N–H and O–H groups in total. The summed E-state index contributed by atoms with van der Waals surface area (Å²) in [6.07, 6.45) is 10.7. The van der Waals surface area contributed by atoms with E-state index in [1.807, 2.05) is 0 Å². The number of benzene rings is 1. The predicted octanol–water partition coefficient (Wildman–Crippen LogP) is 6.31. The minimum absolute atomic E-state index is 0.0455. The van der Waals surface area contributed by atoms with Crippen molar-refractivity contribution in [3.63, 3.8) is 0 Å². The number of rotatable bonds is 12. The van der Waals surface area contributed by atoms with E-state index < -0.39 is 52.4 Å². The van der Waals surface area contributed by atoms with Gasteiger partial charge in [0.25, 0.3) is 5.91 Å². The summed E-state index contributed by atoms with van der Waals surface area (Å²) in [4.78, 5) is 25.6. The van der Waals surface area contributed by atoms with Crippen molar-refractivity contribution in [3.05, 3.63) is 34.6 Å². The number of hydrogen-bond acceptors (Lipinski definition) is 3. The van der Waals surface area contributed by atoms with E-state index in [1.54, 1.807) is 0 Å². The van der Waals surface area contributed by atoms with Crippen molar-refractivity contribution in [1.82, 2.24) is 4.90 Å². The number of halogens is 5. The Bertz CT molecular complexity index is 781. The minimum atomic E-state index is -2.31. The zero-order chi connectivity index (χ0) is 24.4. The second-order valence-corrected chi connectivity index (χ2v) is 8.51. The maximum Gasteiger partial charge on any atom is 0.309 e. The molecule has 0 unspecified atom stereocenters. The lowest BCUT2D eigenvalue weighted by molar-refractivity contribution is -0.150. The summed E-state index contributed by atoms with van der Waals surface area (Å²) in [7, 11) is 0. The van der Waals surface area contributed by atoms with Crippen LogP contribution in [0.5, 0.6) is 0 Å². The average Bonchev–Trinajstić information content (AvgIpc) is 2.82. The number of carbonyl (C=O) groups is 2. The van der Waals surface area contributed by atoms with E-state index in [0.717, 1.165) is 24.2 Å². The Morgan fingerprint density at radius 1 is 0.758 bits per heavy atom. The Hall–Kier alpha value is -2.19. The quantitative estimate of drug-likeness (QED) is 0.117. The SMILES string of the molecule is CCCCCCCCCCCOC(=O)C1CCN(C(=O)c2c(F)c(F)c(F)c(F)c2F)CC1. The summed E-state index contributed by atoms with van der Waals surface area (Å²) >= 11 is 0. The van der Waals surface area contributed by atoms with Crippen LogP contribution in [0.2, 0.25) is 0 Å². The van der Waals surface area contributed by atoms with Crippen LogP contribution in [-0.4, -0.2) is 36.5 Å². The zero-order valence-corrected chi connectivity index (χ0v) is 19.0. The maximum absolute atomic E-state index is 13.9. The standard InChI is InChI=1S/C24H32F5NO3/c1-2-3-4-5-6-7-8-9-10-15-33-24(32)16-11-13-30(14-12-16)23(31)17-18(25)20(27)22(29)21(28)19(17)26/h16H,2-15H2,1H3. The molecule has 0 bridgehead atoms. The van der Waals surface area contributed by atoms with Crippen LogP contribution in [0.4, 0.5) is 22.0 Å². The summed E-state index contributed by atoms with van der Waals surface area (Å²) in [5, 5.41) is 0. The van der Waals surface area contributed by atoms with Gasteiger partial charge in [-0.05, 0) is 19.3 Å². The van der Waals surface area contributed by atoms with Crippen molar-refractivity contribution in [3.8, 4) is 0 Å². The summed E-state index contributed by atoms with van der Waals surface area (Å²) < 4.78 is 73.0. The van der Waals surface area contributed by atoms with Gasteiger partial charge in [-0.15, -0.1) is 0 Å². The molecule has 4 nitrogen and oxygen atoms in total. The van der Waals surface area contributed by atoms with Gasteiger partial charge in [0, 0.05) is 13.1 Å². The molecule has 2 rings (SSSR count). The van der Waals surface area contributed by atoms with E-state index in [2.05, 4.69) is 6.92 Å². The first-order chi connectivity index (χ1) is 15.8. The highest BCUT2D eigenvalue weighted by molar-refractivity contribution is 5.95. The fourth-order valence-corrected chi connectivity index (χ4v) is 3.97. The summed E-state index contributed by atoms with van der Waals surface area (Å²) in [6.45, 7) is 2.41. The van der Waals surface area contributed by atoms with Gasteiger partial charge >= 0.3 is 5.97 Å². The molecule has 9 heteroatoms. The van der Waals surface area contributed by atoms with Gasteiger partial charge < -0.3 is 9.64 Å². The molecule has 1 aliphatic heterocycles. The lowest BCUT2D eigenvalue weighted by Gasteiger charge is -2.31. The van der Waals surface area contributed by atoms with Crippen molar-refractivity contribution in [2.75, 3.05) is 19.7 Å². The van der Waals surface area contributed by atoms with E-state index >= 15 is 0 Å². The normalized spacial score (nSPS) is 14.5. The third kappa shape index (κ3) is 7.40. The van der Waals surface area contributed by atoms with Crippen molar-refractivity contribution in [2.45, 2.75) is 77.6 Å². The zero-order valence-electron chi connectivity index (χ0n) is 19.0. The molecule has 0 atom stereocenters. The van der Waals surface area contributed by atoms with Gasteiger partial charge in [-0.3, -0.25) is 9.59 Å². The van der Waals surface area contributed by atoms with Crippen molar-refractivity contribution in [2.24, 2.45) is 5.92 Å². The molecule has 0 spiro atoms. The number of likely N-dealkylation sites (tertiary alicyclic amines) is 1. The number of unbranched alkanes of at least 4 members (excludes halogenated alkanes) is 8. The Morgan fingerprint density at radius 2 is 1.21 bits per heavy atom. The topological polar surface area (TPSA) is 46.6 Å². The largest absolute Gasteiger partial charge is 0.465 e. The Kier molecular flexibility index (Phi) is 11.1. The molecule has 1 aliphatic rings. The van der Waals surface area contributed by atoms with Crippen LogP contribution in [0.15, 0.2) is 0 Å².